The van der Waals surface area contributed by atoms with E-state index in [9.17, 15) is 16.8 Å². The molecule has 4 aromatic rings. The largest absolute Gasteiger partial charge is 0.297 e. The number of sulfonamides is 1. The van der Waals surface area contributed by atoms with Crippen LogP contribution in [-0.4, -0.2) is 16.8 Å². The quantitative estimate of drug-likeness (QED) is 0.260. The molecule has 0 aliphatic heterocycles. The molecule has 37 heavy (non-hydrogen) atoms. The normalized spacial score (nSPS) is 13.5. The smallest absolute Gasteiger partial charge is 0.256 e. The maximum Gasteiger partial charge on any atom is 0.297 e. The van der Waals surface area contributed by atoms with Crippen LogP contribution in [0.15, 0.2) is 126 Å². The molecule has 8 heteroatoms. The lowest BCUT2D eigenvalue weighted by Crippen LogP contribution is -2.34. The van der Waals surface area contributed by atoms with Gasteiger partial charge in [0, 0.05) is 0 Å². The molecule has 0 spiro atoms. The van der Waals surface area contributed by atoms with Crippen molar-refractivity contribution in [2.24, 2.45) is 0 Å². The molecule has 190 valence electrons. The second-order valence-corrected chi connectivity index (χ2v) is 11.8. The Kier molecular flexibility index (Phi) is 8.04. The maximum absolute atomic E-state index is 13.4. The molecule has 0 aliphatic carbocycles. The van der Waals surface area contributed by atoms with Crippen molar-refractivity contribution in [2.75, 3.05) is 0 Å². The van der Waals surface area contributed by atoms with E-state index in [0.29, 0.717) is 11.1 Å². The second kappa shape index (κ2) is 11.2. The standard InChI is InChI=1S/C29H27NO5S2/c1-3-23-16-20-27(21-17-23)37(33,34)35-29(25-12-8-5-9-13-25)28(24-10-6-4-7-11-24)30-36(31,32)26-18-14-22(2)15-19-26/h3-21,28-30H,1H2,2H3/t28-,29-/m1/s1. The van der Waals surface area contributed by atoms with E-state index in [1.807, 2.05) is 6.92 Å². The van der Waals surface area contributed by atoms with E-state index in [1.54, 1.807) is 91.0 Å². The Morgan fingerprint density at radius 3 is 1.76 bits per heavy atom. The molecular weight excluding hydrogens is 506 g/mol. The van der Waals surface area contributed by atoms with Crippen LogP contribution >= 0.6 is 0 Å². The third kappa shape index (κ3) is 6.42. The SMILES string of the molecule is C=Cc1ccc(S(=O)(=O)O[C@H](c2ccccc2)[C@H](NS(=O)(=O)c2ccc(C)cc2)c2ccccc2)cc1. The van der Waals surface area contributed by atoms with Crippen molar-refractivity contribution < 1.29 is 21.0 Å². The minimum atomic E-state index is -4.28. The van der Waals surface area contributed by atoms with Crippen LogP contribution in [0.5, 0.6) is 0 Å². The van der Waals surface area contributed by atoms with E-state index >= 15 is 0 Å². The molecule has 0 aromatic heterocycles. The zero-order valence-corrected chi connectivity index (χ0v) is 21.8. The van der Waals surface area contributed by atoms with Crippen molar-refractivity contribution in [3.05, 3.63) is 138 Å². The van der Waals surface area contributed by atoms with Crippen LogP contribution < -0.4 is 4.72 Å². The molecular formula is C29H27NO5S2. The van der Waals surface area contributed by atoms with Gasteiger partial charge in [-0.3, -0.25) is 4.18 Å². The highest BCUT2D eigenvalue weighted by atomic mass is 32.2. The van der Waals surface area contributed by atoms with Gasteiger partial charge in [0.15, 0.2) is 0 Å². The molecule has 0 heterocycles. The van der Waals surface area contributed by atoms with Crippen LogP contribution in [0, 0.1) is 6.92 Å². The van der Waals surface area contributed by atoms with Gasteiger partial charge in [-0.2, -0.15) is 8.42 Å². The van der Waals surface area contributed by atoms with Crippen LogP contribution in [0.3, 0.4) is 0 Å². The Morgan fingerprint density at radius 1 is 0.703 bits per heavy atom. The fraction of sp³-hybridized carbons (Fsp3) is 0.103. The van der Waals surface area contributed by atoms with Crippen molar-refractivity contribution in [2.45, 2.75) is 28.9 Å². The molecule has 0 radical (unpaired) electrons. The lowest BCUT2D eigenvalue weighted by atomic mass is 9.97. The third-order valence-corrected chi connectivity index (χ3v) is 8.60. The van der Waals surface area contributed by atoms with Crippen LogP contribution in [0.4, 0.5) is 0 Å². The minimum Gasteiger partial charge on any atom is -0.256 e. The second-order valence-electron chi connectivity index (χ2n) is 8.48. The zero-order chi connectivity index (χ0) is 26.5. The van der Waals surface area contributed by atoms with E-state index in [4.69, 9.17) is 4.18 Å². The molecule has 4 rings (SSSR count). The van der Waals surface area contributed by atoms with Crippen LogP contribution in [0.1, 0.15) is 34.4 Å². The van der Waals surface area contributed by atoms with Crippen LogP contribution in [-0.2, 0) is 24.3 Å². The van der Waals surface area contributed by atoms with Gasteiger partial charge < -0.3 is 0 Å². The molecule has 0 fully saturated rings. The molecule has 0 unspecified atom stereocenters. The summed E-state index contributed by atoms with van der Waals surface area (Å²) in [5.74, 6) is 0. The Labute approximate surface area is 218 Å². The summed E-state index contributed by atoms with van der Waals surface area (Å²) in [6, 6.07) is 28.9. The first-order chi connectivity index (χ1) is 17.7. The first-order valence-electron chi connectivity index (χ1n) is 11.5. The van der Waals surface area contributed by atoms with Crippen LogP contribution in [0.25, 0.3) is 6.08 Å². The fourth-order valence-corrected chi connectivity index (χ4v) is 6.13. The average Bonchev–Trinajstić information content (AvgIpc) is 2.92. The van der Waals surface area contributed by atoms with Gasteiger partial charge in [-0.25, -0.2) is 13.1 Å². The predicted molar refractivity (Wildman–Crippen MR) is 145 cm³/mol. The molecule has 4 aromatic carbocycles. The molecule has 0 saturated carbocycles. The van der Waals surface area contributed by atoms with E-state index in [0.717, 1.165) is 11.1 Å². The van der Waals surface area contributed by atoms with Crippen molar-refractivity contribution in [1.29, 1.82) is 0 Å². The Hall–Kier alpha value is -3.56. The average molecular weight is 534 g/mol. The lowest BCUT2D eigenvalue weighted by molar-refractivity contribution is 0.173. The lowest BCUT2D eigenvalue weighted by Gasteiger charge is -2.28. The molecule has 2 atom stereocenters. The number of rotatable bonds is 10. The van der Waals surface area contributed by atoms with E-state index in [1.165, 1.54) is 24.3 Å². The topological polar surface area (TPSA) is 89.5 Å². The number of nitrogens with one attached hydrogen (secondary N) is 1. The van der Waals surface area contributed by atoms with Crippen molar-refractivity contribution in [3.63, 3.8) is 0 Å². The summed E-state index contributed by atoms with van der Waals surface area (Å²) in [6.07, 6.45) is 0.405. The van der Waals surface area contributed by atoms with E-state index < -0.39 is 32.3 Å². The van der Waals surface area contributed by atoms with Crippen LogP contribution in [0.2, 0.25) is 0 Å². The summed E-state index contributed by atoms with van der Waals surface area (Å²) in [7, 11) is -8.32. The summed E-state index contributed by atoms with van der Waals surface area (Å²) < 4.78 is 62.2. The summed E-state index contributed by atoms with van der Waals surface area (Å²) >= 11 is 0. The highest BCUT2D eigenvalue weighted by Gasteiger charge is 2.34. The van der Waals surface area contributed by atoms with Crippen molar-refractivity contribution >= 4 is 26.2 Å². The minimum absolute atomic E-state index is 0.0489. The van der Waals surface area contributed by atoms with Gasteiger partial charge in [0.2, 0.25) is 10.0 Å². The maximum atomic E-state index is 13.4. The molecule has 0 aliphatic rings. The Balaban J connectivity index is 1.81. The van der Waals surface area contributed by atoms with E-state index in [2.05, 4.69) is 11.3 Å². The fourth-order valence-electron chi connectivity index (χ4n) is 3.83. The Bertz CT molecular complexity index is 1550. The first-order valence-corrected chi connectivity index (χ1v) is 14.4. The highest BCUT2D eigenvalue weighted by Crippen LogP contribution is 2.36. The number of benzene rings is 4. The predicted octanol–water partition coefficient (Wildman–Crippen LogP) is 5.80. The summed E-state index contributed by atoms with van der Waals surface area (Å²) in [6.45, 7) is 5.55. The number of aryl methyl sites for hydroxylation is 1. The summed E-state index contributed by atoms with van der Waals surface area (Å²) in [4.78, 5) is 0.0148. The van der Waals surface area contributed by atoms with Crippen molar-refractivity contribution in [1.82, 2.24) is 4.72 Å². The van der Waals surface area contributed by atoms with E-state index in [-0.39, 0.29) is 9.79 Å². The van der Waals surface area contributed by atoms with Gasteiger partial charge in [0.05, 0.1) is 15.8 Å². The third-order valence-electron chi connectivity index (χ3n) is 5.84. The molecule has 0 bridgehead atoms. The number of hydrogen-bond donors (Lipinski definition) is 1. The van der Waals surface area contributed by atoms with Gasteiger partial charge in [0.25, 0.3) is 10.1 Å². The van der Waals surface area contributed by atoms with Gasteiger partial charge in [0.1, 0.15) is 6.10 Å². The molecule has 6 nitrogen and oxygen atoms in total. The monoisotopic (exact) mass is 533 g/mol. The van der Waals surface area contributed by atoms with Gasteiger partial charge >= 0.3 is 0 Å². The van der Waals surface area contributed by atoms with Gasteiger partial charge in [-0.1, -0.05) is 103 Å². The molecule has 0 saturated heterocycles. The summed E-state index contributed by atoms with van der Waals surface area (Å²) in [5.41, 5.74) is 2.71. The molecule has 0 amide bonds. The molecule has 1 N–H and O–H groups in total. The van der Waals surface area contributed by atoms with Crippen molar-refractivity contribution in [3.8, 4) is 0 Å². The first kappa shape index (κ1) is 26.5. The highest BCUT2D eigenvalue weighted by molar-refractivity contribution is 7.89. The summed E-state index contributed by atoms with van der Waals surface area (Å²) in [5, 5.41) is 0. The zero-order valence-electron chi connectivity index (χ0n) is 20.2. The Morgan fingerprint density at radius 2 is 1.22 bits per heavy atom. The van der Waals surface area contributed by atoms with Gasteiger partial charge in [-0.05, 0) is 47.9 Å². The number of hydrogen-bond acceptors (Lipinski definition) is 5. The van der Waals surface area contributed by atoms with Gasteiger partial charge in [-0.15, -0.1) is 0 Å².